The molecular formula is C59H101N11O3. The van der Waals surface area contributed by atoms with Crippen molar-refractivity contribution in [3.05, 3.63) is 123 Å². The SMILES string of the molecule is C=C.C=CC(=O)N1CC2CC1CN2C.C=CN(C)C(C(=C)N)C(C)C.C=COCC(C)(C)Cc1c(-c2cccnc2C(C)OC)n(CC)c2ccc(/C(=C/C)N=C(C)CCCCCCNNC)cc12.CN.CN. The van der Waals surface area contributed by atoms with Crippen molar-refractivity contribution in [2.24, 2.45) is 33.5 Å². The number of nitrogens with one attached hydrogen (secondary N) is 2. The summed E-state index contributed by atoms with van der Waals surface area (Å²) >= 11 is 0. The molecule has 4 unspecified atom stereocenters. The number of carbonyl (C=O) groups is 1. The molecule has 4 heterocycles. The first-order valence-corrected chi connectivity index (χ1v) is 26.0. The second-order valence-electron chi connectivity index (χ2n) is 19.1. The molecule has 5 rings (SSSR count). The van der Waals surface area contributed by atoms with Crippen LogP contribution in [0.4, 0.5) is 0 Å². The van der Waals surface area contributed by atoms with Gasteiger partial charge in [0.2, 0.25) is 5.91 Å². The summed E-state index contributed by atoms with van der Waals surface area (Å²) in [4.78, 5) is 27.5. The molecule has 2 bridgehead atoms. The number of aryl methyl sites for hydroxylation is 1. The molecule has 73 heavy (non-hydrogen) atoms. The maximum absolute atomic E-state index is 11.3. The lowest BCUT2D eigenvalue weighted by Gasteiger charge is -2.31. The average molecular weight is 1010 g/mol. The number of amides is 1. The third-order valence-corrected chi connectivity index (χ3v) is 12.9. The maximum atomic E-state index is 11.3. The van der Waals surface area contributed by atoms with E-state index in [0.717, 1.165) is 74.4 Å². The van der Waals surface area contributed by atoms with Crippen molar-refractivity contribution in [2.45, 2.75) is 131 Å². The van der Waals surface area contributed by atoms with E-state index in [4.69, 9.17) is 25.2 Å². The highest BCUT2D eigenvalue weighted by Gasteiger charge is 2.42. The molecule has 1 aromatic carbocycles. The number of fused-ring (bicyclic) bond motifs is 3. The van der Waals surface area contributed by atoms with E-state index in [-0.39, 0.29) is 23.5 Å². The Balaban J connectivity index is 0.00000144. The number of carbonyl (C=O) groups excluding carboxylic acids is 1. The van der Waals surface area contributed by atoms with E-state index in [1.165, 1.54) is 73.6 Å². The summed E-state index contributed by atoms with van der Waals surface area (Å²) in [5, 5.41) is 1.24. The lowest BCUT2D eigenvalue weighted by Crippen LogP contribution is -2.46. The molecule has 2 aliphatic heterocycles. The summed E-state index contributed by atoms with van der Waals surface area (Å²) in [6, 6.07) is 12.3. The van der Waals surface area contributed by atoms with Crippen LogP contribution < -0.4 is 28.1 Å². The number of nitrogens with two attached hydrogens (primary N) is 3. The van der Waals surface area contributed by atoms with Crippen molar-refractivity contribution < 1.29 is 14.3 Å². The molecule has 3 aromatic rings. The summed E-state index contributed by atoms with van der Waals surface area (Å²) < 4.78 is 13.9. The van der Waals surface area contributed by atoms with Crippen LogP contribution in [0, 0.1) is 11.3 Å². The second kappa shape index (κ2) is 36.6. The highest BCUT2D eigenvalue weighted by molar-refractivity contribution is 5.96. The van der Waals surface area contributed by atoms with Crippen LogP contribution >= 0.6 is 0 Å². The number of benzene rings is 1. The number of aromatic nitrogens is 2. The van der Waals surface area contributed by atoms with Crippen molar-refractivity contribution in [3.63, 3.8) is 0 Å². The minimum atomic E-state index is -0.132. The van der Waals surface area contributed by atoms with Gasteiger partial charge >= 0.3 is 0 Å². The highest BCUT2D eigenvalue weighted by Crippen LogP contribution is 2.41. The zero-order valence-electron chi connectivity index (χ0n) is 48.0. The van der Waals surface area contributed by atoms with Crippen LogP contribution in [0.2, 0.25) is 0 Å². The number of likely N-dealkylation sites (tertiary alicyclic amines) is 2. The van der Waals surface area contributed by atoms with E-state index < -0.39 is 0 Å². The molecule has 0 aliphatic carbocycles. The molecular weight excluding hydrogens is 911 g/mol. The number of methoxy groups -OCH3 is 1. The predicted molar refractivity (Wildman–Crippen MR) is 315 cm³/mol. The number of allylic oxidation sites excluding steroid dienone is 1. The molecule has 2 fully saturated rings. The van der Waals surface area contributed by atoms with Crippen molar-refractivity contribution >= 4 is 28.2 Å². The molecule has 2 saturated heterocycles. The van der Waals surface area contributed by atoms with Crippen molar-refractivity contribution in [2.75, 3.05) is 68.6 Å². The number of hydrazine groups is 1. The third kappa shape index (κ3) is 20.8. The zero-order chi connectivity index (χ0) is 55.8. The number of aliphatic imine (C=N–C) groups is 1. The molecule has 14 heteroatoms. The van der Waals surface area contributed by atoms with Gasteiger partial charge in [0.15, 0.2) is 0 Å². The van der Waals surface area contributed by atoms with Gasteiger partial charge in [-0.3, -0.25) is 30.5 Å². The van der Waals surface area contributed by atoms with E-state index >= 15 is 0 Å². The minimum Gasteiger partial charge on any atom is -0.501 e. The van der Waals surface area contributed by atoms with Crippen molar-refractivity contribution in [1.82, 2.24) is 35.1 Å². The molecule has 14 nitrogen and oxygen atoms in total. The van der Waals surface area contributed by atoms with E-state index in [1.807, 2.05) is 36.2 Å². The Labute approximate surface area is 443 Å². The van der Waals surface area contributed by atoms with Crippen molar-refractivity contribution in [1.29, 1.82) is 0 Å². The number of pyridine rings is 1. The molecule has 8 N–H and O–H groups in total. The number of piperazine rings is 1. The summed E-state index contributed by atoms with van der Waals surface area (Å²) in [6.45, 7) is 42.3. The standard InChI is InChI=1S/C37H55N5O2.C9H14N2O.C9H18N2.C2H4.2CH5N/c1-10-33(41-27(4)18-15-13-14-16-23-40-38-8)29-20-21-34-31(24-29)32(25-37(6,7)26-44-12-3)36(42(34)11-2)30-19-17-22-39-35(30)28(5)43-9;1-3-9(12)11-6-7-4-8(11)5-10(7)2;1-6-11(5)9(7(2)3)8(4)10;3*1-2/h10,12,17,19-22,24,28,38,40H,3,11,13-16,18,23,25-26H2,1-2,4-9H3;3,7-8H,1,4-6H2,2H3;6-7,9H,1,4,10H2,2-3,5H3;1-2H2;2*2H2,1H3/b33-10-,41-27?;;;;;. The number of rotatable bonds is 24. The van der Waals surface area contributed by atoms with Crippen LogP contribution in [0.3, 0.4) is 0 Å². The Hall–Kier alpha value is -5.35. The minimum absolute atomic E-state index is 0.0931. The fourth-order valence-electron chi connectivity index (χ4n) is 9.42. The van der Waals surface area contributed by atoms with E-state index in [0.29, 0.717) is 30.3 Å². The lowest BCUT2D eigenvalue weighted by atomic mass is 9.84. The van der Waals surface area contributed by atoms with Gasteiger partial charge in [-0.15, -0.1) is 13.2 Å². The molecule has 2 aliphatic rings. The van der Waals surface area contributed by atoms with Crippen LogP contribution in [0.15, 0.2) is 111 Å². The first kappa shape index (κ1) is 67.6. The number of ether oxygens (including phenoxy) is 2. The first-order valence-electron chi connectivity index (χ1n) is 26.0. The molecule has 2 aromatic heterocycles. The number of unbranched alkanes of at least 4 members (excludes halogenated alkanes) is 3. The van der Waals surface area contributed by atoms with Gasteiger partial charge in [-0.25, -0.2) is 0 Å². The summed E-state index contributed by atoms with van der Waals surface area (Å²) in [6.07, 6.45) is 16.4. The normalized spacial score (nSPS) is 15.9. The number of hydrogen-bond donors (Lipinski definition) is 5. The van der Waals surface area contributed by atoms with Crippen LogP contribution in [-0.4, -0.2) is 123 Å². The van der Waals surface area contributed by atoms with Gasteiger partial charge in [0, 0.05) is 97.5 Å². The van der Waals surface area contributed by atoms with Gasteiger partial charge in [-0.2, -0.15) is 0 Å². The van der Waals surface area contributed by atoms with Gasteiger partial charge in [0.05, 0.1) is 42.1 Å². The fourth-order valence-corrected chi connectivity index (χ4v) is 9.42. The van der Waals surface area contributed by atoms with E-state index in [1.54, 1.807) is 13.3 Å². The summed E-state index contributed by atoms with van der Waals surface area (Å²) in [5.74, 6) is 0.561. The largest absolute Gasteiger partial charge is 0.501 e. The number of nitrogens with zero attached hydrogens (tertiary/aromatic N) is 6. The third-order valence-electron chi connectivity index (χ3n) is 12.9. The Bertz CT molecular complexity index is 2160. The lowest BCUT2D eigenvalue weighted by molar-refractivity contribution is -0.128. The Morgan fingerprint density at radius 1 is 1.04 bits per heavy atom. The Kier molecular flexibility index (Phi) is 33.9. The summed E-state index contributed by atoms with van der Waals surface area (Å²) in [7, 11) is 10.7. The topological polar surface area (TPSA) is 178 Å². The molecule has 4 atom stereocenters. The highest BCUT2D eigenvalue weighted by atomic mass is 16.5. The van der Waals surface area contributed by atoms with E-state index in [9.17, 15) is 4.79 Å². The van der Waals surface area contributed by atoms with Crippen LogP contribution in [0.25, 0.3) is 27.9 Å². The maximum Gasteiger partial charge on any atom is 0.246 e. The van der Waals surface area contributed by atoms with Crippen molar-refractivity contribution in [3.8, 4) is 11.3 Å². The monoisotopic (exact) mass is 1010 g/mol. The van der Waals surface area contributed by atoms with Gasteiger partial charge in [0.25, 0.3) is 0 Å². The smallest absolute Gasteiger partial charge is 0.246 e. The van der Waals surface area contributed by atoms with Crippen LogP contribution in [0.1, 0.15) is 117 Å². The molecule has 0 saturated carbocycles. The van der Waals surface area contributed by atoms with Crippen LogP contribution in [0.5, 0.6) is 0 Å². The first-order chi connectivity index (χ1) is 34.9. The molecule has 0 radical (unpaired) electrons. The number of hydrogen-bond acceptors (Lipinski definition) is 12. The van der Waals surface area contributed by atoms with E-state index in [2.05, 4.69) is 164 Å². The predicted octanol–water partition coefficient (Wildman–Crippen LogP) is 10.3. The molecule has 0 spiro atoms. The van der Waals surface area contributed by atoms with Gasteiger partial charge in [-0.05, 0) is 136 Å². The van der Waals surface area contributed by atoms with Gasteiger partial charge < -0.3 is 41.0 Å². The molecule has 1 amide bonds. The Morgan fingerprint density at radius 2 is 1.70 bits per heavy atom. The quantitative estimate of drug-likeness (QED) is 0.0144. The molecule has 410 valence electrons. The fraction of sp³-hybridized carbons (Fsp3) is 0.542. The average Bonchev–Trinajstić information content (AvgIpc) is 4.08. The van der Waals surface area contributed by atoms with Crippen LogP contribution in [-0.2, 0) is 27.2 Å². The zero-order valence-corrected chi connectivity index (χ0v) is 48.0. The van der Waals surface area contributed by atoms with Gasteiger partial charge in [-0.1, -0.05) is 79.0 Å². The van der Waals surface area contributed by atoms with Gasteiger partial charge in [0.1, 0.15) is 0 Å². The number of likely N-dealkylation sites (N-methyl/N-ethyl adjacent to an activating group) is 2. The summed E-state index contributed by atoms with van der Waals surface area (Å²) in [5.41, 5.74) is 30.4. The Morgan fingerprint density at radius 3 is 2.19 bits per heavy atom. The second-order valence-corrected chi connectivity index (χ2v) is 19.1.